The lowest BCUT2D eigenvalue weighted by Crippen LogP contribution is -2.25. The normalized spacial score (nSPS) is 12.8. The van der Waals surface area contributed by atoms with Gasteiger partial charge in [-0.3, -0.25) is 9.36 Å². The van der Waals surface area contributed by atoms with Crippen molar-refractivity contribution in [1.82, 2.24) is 4.98 Å². The zero-order chi connectivity index (χ0) is 19.8. The molecule has 0 aliphatic rings. The molecule has 0 fully saturated rings. The van der Waals surface area contributed by atoms with E-state index in [0.717, 1.165) is 6.07 Å². The lowest BCUT2D eigenvalue weighted by Gasteiger charge is -2.21. The number of nitrogens with zero attached hydrogens (tertiary/aromatic N) is 1. The molecular formula is C17H15ClF2NO5P. The topological polar surface area (TPSA) is 78.6 Å². The third kappa shape index (κ3) is 3.62. The number of halogens is 3. The van der Waals surface area contributed by atoms with Crippen molar-refractivity contribution in [2.24, 2.45) is 0 Å². The number of para-hydroxylation sites is 1. The van der Waals surface area contributed by atoms with Gasteiger partial charge >= 0.3 is 13.0 Å². The first-order chi connectivity index (χ1) is 12.7. The Morgan fingerprint density at radius 2 is 1.81 bits per heavy atom. The molecule has 6 nitrogen and oxygen atoms in total. The van der Waals surface area contributed by atoms with Crippen LogP contribution in [0.3, 0.4) is 0 Å². The number of alkyl halides is 3. The predicted molar refractivity (Wildman–Crippen MR) is 98.0 cm³/mol. The van der Waals surface area contributed by atoms with Crippen LogP contribution in [0.5, 0.6) is 0 Å². The van der Waals surface area contributed by atoms with Gasteiger partial charge in [-0.15, -0.1) is 0 Å². The molecule has 0 spiro atoms. The highest BCUT2D eigenvalue weighted by atomic mass is 35.5. The average molecular weight is 418 g/mol. The molecule has 0 aliphatic heterocycles. The molecule has 0 unspecified atom stereocenters. The summed E-state index contributed by atoms with van der Waals surface area (Å²) >= 11 is 5.18. The highest BCUT2D eigenvalue weighted by molar-refractivity contribution is 7.62. The molecule has 27 heavy (non-hydrogen) atoms. The zero-order valence-corrected chi connectivity index (χ0v) is 16.0. The number of hydrogen-bond donors (Lipinski definition) is 0. The summed E-state index contributed by atoms with van der Waals surface area (Å²) in [5, 5.41) is -4.46. The van der Waals surface area contributed by atoms with Crippen LogP contribution in [0.4, 0.5) is 8.78 Å². The Morgan fingerprint density at radius 3 is 2.41 bits per heavy atom. The fourth-order valence-electron chi connectivity index (χ4n) is 2.65. The Morgan fingerprint density at radius 1 is 1.19 bits per heavy atom. The molecule has 0 saturated heterocycles. The van der Waals surface area contributed by atoms with Crippen LogP contribution in [0.2, 0.25) is 0 Å². The van der Waals surface area contributed by atoms with Gasteiger partial charge in [0.05, 0.1) is 29.3 Å². The summed E-state index contributed by atoms with van der Waals surface area (Å²) in [5.41, 5.74) is -1.72. The molecular weight excluding hydrogens is 403 g/mol. The minimum atomic E-state index is -4.20. The van der Waals surface area contributed by atoms with E-state index in [1.807, 2.05) is 0 Å². The van der Waals surface area contributed by atoms with Crippen molar-refractivity contribution < 1.29 is 26.8 Å². The smallest absolute Gasteiger partial charge is 0.365 e. The molecule has 10 heteroatoms. The van der Waals surface area contributed by atoms with Crippen LogP contribution < -0.4 is 10.7 Å². The molecule has 0 saturated carbocycles. The Bertz CT molecular complexity index is 1100. The van der Waals surface area contributed by atoms with Crippen molar-refractivity contribution in [3.8, 4) is 0 Å². The number of aromatic nitrogens is 1. The minimum Gasteiger partial charge on any atom is -0.437 e. The molecule has 0 aliphatic carbocycles. The van der Waals surface area contributed by atoms with Gasteiger partial charge in [0.2, 0.25) is 11.1 Å². The first-order valence-electron chi connectivity index (χ1n) is 8.04. The zero-order valence-electron chi connectivity index (χ0n) is 14.4. The average Bonchev–Trinajstić information content (AvgIpc) is 2.61. The largest absolute Gasteiger partial charge is 0.437 e. The van der Waals surface area contributed by atoms with Crippen molar-refractivity contribution >= 4 is 46.6 Å². The van der Waals surface area contributed by atoms with E-state index >= 15 is 0 Å². The van der Waals surface area contributed by atoms with Gasteiger partial charge in [-0.1, -0.05) is 12.1 Å². The summed E-state index contributed by atoms with van der Waals surface area (Å²) < 4.78 is 56.9. The molecule has 2 heterocycles. The van der Waals surface area contributed by atoms with E-state index in [9.17, 15) is 18.1 Å². The van der Waals surface area contributed by atoms with Crippen molar-refractivity contribution in [1.29, 1.82) is 0 Å². The second-order valence-corrected chi connectivity index (χ2v) is 7.93. The fourth-order valence-corrected chi connectivity index (χ4v) is 4.63. The van der Waals surface area contributed by atoms with Crippen LogP contribution in [0.25, 0.3) is 22.1 Å². The first kappa shape index (κ1) is 19.9. The van der Waals surface area contributed by atoms with Crippen molar-refractivity contribution in [3.63, 3.8) is 0 Å². The molecule has 0 N–H and O–H groups in total. The summed E-state index contributed by atoms with van der Waals surface area (Å²) in [7, 11) is -4.20. The van der Waals surface area contributed by atoms with Gasteiger partial charge in [0.25, 0.3) is 0 Å². The van der Waals surface area contributed by atoms with Crippen molar-refractivity contribution in [2.45, 2.75) is 19.2 Å². The summed E-state index contributed by atoms with van der Waals surface area (Å²) in [4.78, 5) is 16.5. The van der Waals surface area contributed by atoms with Crippen LogP contribution in [0.15, 0.2) is 39.5 Å². The summed E-state index contributed by atoms with van der Waals surface area (Å²) in [6.07, 6.45) is 0. The Balaban J connectivity index is 2.44. The van der Waals surface area contributed by atoms with Gasteiger partial charge in [0.1, 0.15) is 11.3 Å². The standard InChI is InChI=1S/C17H15ClF2NO5P/c1-3-24-27(23,25-4-2)13-9-11-14(22)10-7-5-6-8-12(10)26-16(11)21-15(13)17(18,19)20/h5-9H,3-4H2,1-2H3. The Kier molecular flexibility index (Phi) is 5.36. The van der Waals surface area contributed by atoms with Crippen LogP contribution in [0.1, 0.15) is 19.5 Å². The van der Waals surface area contributed by atoms with E-state index in [0.29, 0.717) is 0 Å². The summed E-state index contributed by atoms with van der Waals surface area (Å²) in [6.45, 7) is 2.91. The molecule has 144 valence electrons. The van der Waals surface area contributed by atoms with Gasteiger partial charge in [0.15, 0.2) is 0 Å². The molecule has 3 aromatic rings. The maximum absolute atomic E-state index is 14.0. The van der Waals surface area contributed by atoms with Crippen LogP contribution in [-0.4, -0.2) is 18.2 Å². The van der Waals surface area contributed by atoms with E-state index in [-0.39, 0.29) is 35.3 Å². The van der Waals surface area contributed by atoms with Gasteiger partial charge < -0.3 is 13.5 Å². The lowest BCUT2D eigenvalue weighted by molar-refractivity contribution is 0.0907. The first-order valence-corrected chi connectivity index (χ1v) is 9.96. The van der Waals surface area contributed by atoms with Gasteiger partial charge in [0, 0.05) is 0 Å². The molecule has 0 radical (unpaired) electrons. The Labute approximate surface area is 157 Å². The van der Waals surface area contributed by atoms with E-state index in [1.54, 1.807) is 12.1 Å². The third-order valence-electron chi connectivity index (χ3n) is 3.71. The number of pyridine rings is 1. The molecule has 1 aromatic carbocycles. The number of hydrogen-bond acceptors (Lipinski definition) is 6. The molecule has 0 bridgehead atoms. The number of benzene rings is 1. The van der Waals surface area contributed by atoms with E-state index in [1.165, 1.54) is 26.0 Å². The monoisotopic (exact) mass is 417 g/mol. The SMILES string of the molecule is CCOP(=O)(OCC)c1cc2c(=O)c3ccccc3oc2nc1C(F)(F)Cl. The summed E-state index contributed by atoms with van der Waals surface area (Å²) in [6, 6.07) is 7.29. The molecule has 2 aromatic heterocycles. The number of rotatable bonds is 6. The second-order valence-electron chi connectivity index (χ2n) is 5.47. The van der Waals surface area contributed by atoms with Crippen LogP contribution in [-0.2, 0) is 19.0 Å². The Hall–Kier alpha value is -1.86. The maximum Gasteiger partial charge on any atom is 0.365 e. The van der Waals surface area contributed by atoms with E-state index < -0.39 is 29.4 Å². The highest BCUT2D eigenvalue weighted by Gasteiger charge is 2.42. The molecule has 0 amide bonds. The quantitative estimate of drug-likeness (QED) is 0.333. The van der Waals surface area contributed by atoms with E-state index in [4.69, 9.17) is 25.1 Å². The minimum absolute atomic E-state index is 0.0745. The number of fused-ring (bicyclic) bond motifs is 2. The van der Waals surface area contributed by atoms with Crippen LogP contribution >= 0.6 is 19.2 Å². The molecule has 3 rings (SSSR count). The maximum atomic E-state index is 14.0. The third-order valence-corrected chi connectivity index (χ3v) is 6.02. The lowest BCUT2D eigenvalue weighted by atomic mass is 10.2. The van der Waals surface area contributed by atoms with Gasteiger partial charge in [-0.05, 0) is 43.6 Å². The van der Waals surface area contributed by atoms with Gasteiger partial charge in [-0.2, -0.15) is 8.78 Å². The van der Waals surface area contributed by atoms with Gasteiger partial charge in [-0.25, -0.2) is 4.98 Å². The van der Waals surface area contributed by atoms with Crippen LogP contribution in [0, 0.1) is 0 Å². The van der Waals surface area contributed by atoms with Crippen molar-refractivity contribution in [2.75, 3.05) is 13.2 Å². The predicted octanol–water partition coefficient (Wildman–Crippen LogP) is 4.52. The van der Waals surface area contributed by atoms with Crippen molar-refractivity contribution in [3.05, 3.63) is 46.2 Å². The second kappa shape index (κ2) is 7.28. The fraction of sp³-hybridized carbons (Fsp3) is 0.294. The van der Waals surface area contributed by atoms with E-state index in [2.05, 4.69) is 4.98 Å². The molecule has 0 atom stereocenters. The summed E-state index contributed by atoms with van der Waals surface area (Å²) in [5.74, 6) is 0. The highest BCUT2D eigenvalue weighted by Crippen LogP contribution is 2.50.